The van der Waals surface area contributed by atoms with E-state index in [-0.39, 0.29) is 44.1 Å². The molecule has 0 aliphatic rings. The van der Waals surface area contributed by atoms with Gasteiger partial charge in [-0.1, -0.05) is 5.16 Å². The molecule has 0 aliphatic carbocycles. The van der Waals surface area contributed by atoms with E-state index >= 15 is 0 Å². The summed E-state index contributed by atoms with van der Waals surface area (Å²) in [6.45, 7) is 4.80. The smallest absolute Gasteiger partial charge is 0.345 e. The van der Waals surface area contributed by atoms with Crippen molar-refractivity contribution < 1.29 is 58.5 Å². The van der Waals surface area contributed by atoms with Gasteiger partial charge in [0.1, 0.15) is 10.6 Å². The molecule has 0 amide bonds. The number of hydrogen-bond acceptors (Lipinski definition) is 4. The van der Waals surface area contributed by atoms with Gasteiger partial charge in [-0.25, -0.2) is 4.79 Å². The Morgan fingerprint density at radius 1 is 1.42 bits per heavy atom. The number of rotatable bonds is 5. The standard InChI is InChI=1S/C12H13N2O3S.Ac/c1-7-10(8(2)17-14-7)6-13-5-9-3-4-11(18-9)12(15)16;/h3-4H,5-6H2,1-2H3,(H,15,16);/q-1;. The molecule has 1 radical (unpaired) electrons. The Balaban J connectivity index is 0.00000180. The predicted molar refractivity (Wildman–Crippen MR) is 68.0 cm³/mol. The summed E-state index contributed by atoms with van der Waals surface area (Å²) >= 11 is 1.25. The minimum Gasteiger partial charge on any atom is -0.654 e. The Morgan fingerprint density at radius 2 is 2.16 bits per heavy atom. The van der Waals surface area contributed by atoms with E-state index in [4.69, 9.17) is 9.63 Å². The summed E-state index contributed by atoms with van der Waals surface area (Å²) < 4.78 is 5.05. The zero-order valence-electron chi connectivity index (χ0n) is 10.7. The molecule has 0 spiro atoms. The number of aryl methyl sites for hydroxylation is 2. The van der Waals surface area contributed by atoms with E-state index in [0.717, 1.165) is 21.9 Å². The molecule has 0 aliphatic heterocycles. The van der Waals surface area contributed by atoms with Crippen molar-refractivity contribution in [3.05, 3.63) is 44.2 Å². The zero-order valence-corrected chi connectivity index (χ0v) is 16.3. The molecule has 0 saturated carbocycles. The second-order valence-corrected chi connectivity index (χ2v) is 5.08. The molecule has 5 nitrogen and oxygen atoms in total. The van der Waals surface area contributed by atoms with Crippen LogP contribution in [0.2, 0.25) is 0 Å². The molecule has 1 N–H and O–H groups in total. The molecule has 99 valence electrons. The van der Waals surface area contributed by atoms with Crippen LogP contribution >= 0.6 is 11.3 Å². The van der Waals surface area contributed by atoms with Gasteiger partial charge in [0.15, 0.2) is 0 Å². The summed E-state index contributed by atoms with van der Waals surface area (Å²) in [4.78, 5) is 12.0. The quantitative estimate of drug-likeness (QED) is 0.696. The molecule has 0 unspecified atom stereocenters. The van der Waals surface area contributed by atoms with E-state index < -0.39 is 5.97 Å². The van der Waals surface area contributed by atoms with Crippen LogP contribution in [0.15, 0.2) is 16.7 Å². The summed E-state index contributed by atoms with van der Waals surface area (Å²) in [5, 5.41) is 17.1. The van der Waals surface area contributed by atoms with E-state index in [1.807, 2.05) is 13.8 Å². The molecule has 0 aromatic carbocycles. The Morgan fingerprint density at radius 3 is 2.68 bits per heavy atom. The van der Waals surface area contributed by atoms with Crippen molar-refractivity contribution in [1.29, 1.82) is 0 Å². The predicted octanol–water partition coefficient (Wildman–Crippen LogP) is 3.13. The Labute approximate surface area is 150 Å². The van der Waals surface area contributed by atoms with Crippen molar-refractivity contribution >= 4 is 17.3 Å². The van der Waals surface area contributed by atoms with Gasteiger partial charge in [-0.3, -0.25) is 0 Å². The van der Waals surface area contributed by atoms with E-state index in [9.17, 15) is 4.79 Å². The molecule has 2 aromatic heterocycles. The van der Waals surface area contributed by atoms with Crippen LogP contribution in [0.3, 0.4) is 0 Å². The number of carbonyl (C=O) groups is 1. The van der Waals surface area contributed by atoms with Crippen LogP contribution in [-0.4, -0.2) is 16.2 Å². The van der Waals surface area contributed by atoms with Crippen LogP contribution in [0.1, 0.15) is 31.6 Å². The first-order valence-corrected chi connectivity index (χ1v) is 6.26. The van der Waals surface area contributed by atoms with Gasteiger partial charge < -0.3 is 14.9 Å². The number of nitrogens with zero attached hydrogens (tertiary/aromatic N) is 2. The number of aromatic carboxylic acids is 1. The first kappa shape index (κ1) is 16.8. The summed E-state index contributed by atoms with van der Waals surface area (Å²) in [6.07, 6.45) is 0. The van der Waals surface area contributed by atoms with Gasteiger partial charge in [-0.15, -0.1) is 24.4 Å². The molecule has 0 saturated heterocycles. The summed E-state index contributed by atoms with van der Waals surface area (Å²) in [6, 6.07) is 3.40. The van der Waals surface area contributed by atoms with Crippen molar-refractivity contribution in [2.45, 2.75) is 26.9 Å². The van der Waals surface area contributed by atoms with Crippen molar-refractivity contribution in [3.8, 4) is 0 Å². The molecule has 7 heteroatoms. The van der Waals surface area contributed by atoms with Crippen LogP contribution in [0, 0.1) is 57.9 Å². The molecular formula is C12H13AcN2O3S-. The fourth-order valence-electron chi connectivity index (χ4n) is 1.58. The average Bonchev–Trinajstić information content (AvgIpc) is 2.90. The van der Waals surface area contributed by atoms with Crippen LogP contribution in [-0.2, 0) is 13.1 Å². The number of hydrogen-bond donors (Lipinski definition) is 1. The van der Waals surface area contributed by atoms with Crippen molar-refractivity contribution in [2.75, 3.05) is 0 Å². The van der Waals surface area contributed by atoms with Crippen molar-refractivity contribution in [2.24, 2.45) is 0 Å². The van der Waals surface area contributed by atoms with Crippen LogP contribution < -0.4 is 0 Å². The van der Waals surface area contributed by atoms with Gasteiger partial charge in [-0.05, 0) is 36.4 Å². The second-order valence-electron chi connectivity index (χ2n) is 3.91. The maximum absolute atomic E-state index is 10.7. The van der Waals surface area contributed by atoms with Gasteiger partial charge in [0.2, 0.25) is 0 Å². The zero-order chi connectivity index (χ0) is 13.1. The third-order valence-corrected chi connectivity index (χ3v) is 3.65. The van der Waals surface area contributed by atoms with E-state index in [0.29, 0.717) is 18.0 Å². The van der Waals surface area contributed by atoms with E-state index in [1.165, 1.54) is 11.3 Å². The van der Waals surface area contributed by atoms with Crippen molar-refractivity contribution in [1.82, 2.24) is 5.16 Å². The van der Waals surface area contributed by atoms with Gasteiger partial charge >= 0.3 is 5.97 Å². The molecule has 0 atom stereocenters. The number of aromatic nitrogens is 1. The maximum atomic E-state index is 10.7. The second kappa shape index (κ2) is 7.53. The molecule has 0 fully saturated rings. The SMILES string of the molecule is Cc1noc(C)c1C[N-]Cc1ccc(C(=O)O)s1.[Ac]. The molecule has 2 aromatic rings. The normalized spacial score (nSPS) is 10.2. The summed E-state index contributed by atoms with van der Waals surface area (Å²) in [7, 11) is 0. The number of carboxylic acid groups (broad SMARTS) is 1. The van der Waals surface area contributed by atoms with E-state index in [1.54, 1.807) is 12.1 Å². The summed E-state index contributed by atoms with van der Waals surface area (Å²) in [5.74, 6) is -0.106. The number of carboxylic acids is 1. The first-order chi connectivity index (χ1) is 8.58. The third kappa shape index (κ3) is 4.38. The topological polar surface area (TPSA) is 77.4 Å². The van der Waals surface area contributed by atoms with Crippen LogP contribution in [0.25, 0.3) is 5.32 Å². The van der Waals surface area contributed by atoms with Crippen LogP contribution in [0.5, 0.6) is 0 Å². The Bertz CT molecular complexity index is 546. The molecule has 0 bridgehead atoms. The maximum Gasteiger partial charge on any atom is 0.345 e. The Kier molecular flexibility index (Phi) is 6.68. The van der Waals surface area contributed by atoms with Crippen molar-refractivity contribution in [3.63, 3.8) is 0 Å². The molecule has 19 heavy (non-hydrogen) atoms. The first-order valence-electron chi connectivity index (χ1n) is 5.45. The minimum absolute atomic E-state index is 0. The fraction of sp³-hybridized carbons (Fsp3) is 0.333. The fourth-order valence-corrected chi connectivity index (χ4v) is 2.38. The van der Waals surface area contributed by atoms with Gasteiger partial charge in [0.05, 0.1) is 5.69 Å². The minimum atomic E-state index is -0.892. The van der Waals surface area contributed by atoms with Gasteiger partial charge in [0, 0.05) is 44.1 Å². The van der Waals surface area contributed by atoms with Gasteiger partial charge in [-0.2, -0.15) is 0 Å². The molecule has 2 heterocycles. The number of thiophene rings is 1. The average molecular weight is 492 g/mol. The summed E-state index contributed by atoms with van der Waals surface area (Å²) in [5.41, 5.74) is 1.86. The molecular weight excluding hydrogens is 479 g/mol. The van der Waals surface area contributed by atoms with Gasteiger partial charge in [0.25, 0.3) is 0 Å². The Hall–Kier alpha value is -0.218. The monoisotopic (exact) mass is 492 g/mol. The van der Waals surface area contributed by atoms with Crippen LogP contribution in [0.4, 0.5) is 0 Å². The third-order valence-electron chi connectivity index (χ3n) is 2.59. The molecule has 2 rings (SSSR count). The largest absolute Gasteiger partial charge is 0.654 e. The van der Waals surface area contributed by atoms with E-state index in [2.05, 4.69) is 10.5 Å².